The van der Waals surface area contributed by atoms with Crippen LogP contribution in [0.5, 0.6) is 0 Å². The summed E-state index contributed by atoms with van der Waals surface area (Å²) in [4.78, 5) is 34.4. The Labute approximate surface area is 212 Å². The fourth-order valence-electron chi connectivity index (χ4n) is 3.93. The third-order valence-electron chi connectivity index (χ3n) is 5.72. The van der Waals surface area contributed by atoms with Gasteiger partial charge in [0.25, 0.3) is 0 Å². The summed E-state index contributed by atoms with van der Waals surface area (Å²) in [6, 6.07) is 14.9. The molecule has 0 atom stereocenters. The number of fused-ring (bicyclic) bond motifs is 1. The van der Waals surface area contributed by atoms with Crippen molar-refractivity contribution in [2.24, 2.45) is 0 Å². The van der Waals surface area contributed by atoms with Gasteiger partial charge >= 0.3 is 0 Å². The Hall–Kier alpha value is -3.75. The van der Waals surface area contributed by atoms with E-state index in [1.807, 2.05) is 41.3 Å². The molecule has 8 nitrogen and oxygen atoms in total. The zero-order valence-corrected chi connectivity index (χ0v) is 20.1. The third kappa shape index (κ3) is 5.03. The number of carbonyl (C=O) groups excluding carboxylic acids is 1. The SMILES string of the molecule is Nc1nc(N2CCN(C(=O)/C=C/c3ccccc3)CC2)c2ncc(-c3ccc(Cl)cc3Cl)nc2n1. The first kappa shape index (κ1) is 23.0. The van der Waals surface area contributed by atoms with Crippen LogP contribution in [0.2, 0.25) is 10.0 Å². The van der Waals surface area contributed by atoms with Crippen LogP contribution in [0, 0.1) is 0 Å². The summed E-state index contributed by atoms with van der Waals surface area (Å²) in [7, 11) is 0. The van der Waals surface area contributed by atoms with E-state index in [2.05, 4.69) is 24.8 Å². The van der Waals surface area contributed by atoms with Crippen molar-refractivity contribution in [1.82, 2.24) is 24.8 Å². The van der Waals surface area contributed by atoms with E-state index in [0.717, 1.165) is 5.56 Å². The van der Waals surface area contributed by atoms with Crippen molar-refractivity contribution >= 4 is 58.1 Å². The molecule has 0 saturated carbocycles. The lowest BCUT2D eigenvalue weighted by Gasteiger charge is -2.35. The number of aromatic nitrogens is 4. The summed E-state index contributed by atoms with van der Waals surface area (Å²) in [5.74, 6) is 0.677. The number of piperazine rings is 1. The van der Waals surface area contributed by atoms with E-state index in [9.17, 15) is 4.79 Å². The van der Waals surface area contributed by atoms with E-state index in [1.165, 1.54) is 0 Å². The second-order valence-corrected chi connectivity index (χ2v) is 8.86. The molecule has 0 bridgehead atoms. The Morgan fingerprint density at radius 3 is 2.49 bits per heavy atom. The molecule has 0 spiro atoms. The molecule has 4 aromatic rings. The molecule has 1 aliphatic heterocycles. The van der Waals surface area contributed by atoms with E-state index >= 15 is 0 Å². The van der Waals surface area contributed by atoms with Gasteiger partial charge in [0.15, 0.2) is 17.0 Å². The molecule has 0 radical (unpaired) electrons. The number of carbonyl (C=O) groups is 1. The van der Waals surface area contributed by atoms with Gasteiger partial charge in [-0.1, -0.05) is 53.5 Å². The normalized spacial score (nSPS) is 14.1. The highest BCUT2D eigenvalue weighted by atomic mass is 35.5. The van der Waals surface area contributed by atoms with E-state index in [-0.39, 0.29) is 11.9 Å². The Bertz CT molecular complexity index is 1420. The molecule has 176 valence electrons. The number of rotatable bonds is 4. The lowest BCUT2D eigenvalue weighted by atomic mass is 10.1. The van der Waals surface area contributed by atoms with Gasteiger partial charge in [-0.15, -0.1) is 0 Å². The van der Waals surface area contributed by atoms with Crippen molar-refractivity contribution in [1.29, 1.82) is 0 Å². The van der Waals surface area contributed by atoms with Crippen LogP contribution in [0.25, 0.3) is 28.5 Å². The number of hydrogen-bond donors (Lipinski definition) is 1. The average molecular weight is 506 g/mol. The van der Waals surface area contributed by atoms with Gasteiger partial charge in [-0.05, 0) is 29.8 Å². The van der Waals surface area contributed by atoms with Crippen LogP contribution < -0.4 is 10.6 Å². The average Bonchev–Trinajstić information content (AvgIpc) is 2.87. The van der Waals surface area contributed by atoms with E-state index < -0.39 is 0 Å². The van der Waals surface area contributed by atoms with Gasteiger partial charge in [0.05, 0.1) is 16.9 Å². The van der Waals surface area contributed by atoms with Crippen LogP contribution in [0.1, 0.15) is 5.56 Å². The number of hydrogen-bond acceptors (Lipinski definition) is 7. The first-order valence-electron chi connectivity index (χ1n) is 11.0. The van der Waals surface area contributed by atoms with Crippen LogP contribution in [0.15, 0.2) is 60.8 Å². The molecule has 35 heavy (non-hydrogen) atoms. The number of nitrogen functional groups attached to an aromatic ring is 1. The van der Waals surface area contributed by atoms with Crippen LogP contribution in [-0.4, -0.2) is 56.9 Å². The summed E-state index contributed by atoms with van der Waals surface area (Å²) in [5, 5.41) is 1.00. The monoisotopic (exact) mass is 505 g/mol. The third-order valence-corrected chi connectivity index (χ3v) is 6.27. The molecule has 1 aliphatic rings. The Kier molecular flexibility index (Phi) is 6.48. The fraction of sp³-hybridized carbons (Fsp3) is 0.160. The first-order chi connectivity index (χ1) is 17.0. The zero-order chi connectivity index (χ0) is 24.4. The fourth-order valence-corrected chi connectivity index (χ4v) is 4.44. The topological polar surface area (TPSA) is 101 Å². The number of nitrogens with zero attached hydrogens (tertiary/aromatic N) is 6. The number of nitrogens with two attached hydrogens (primary N) is 1. The number of halogens is 2. The molecular formula is C25H21Cl2N7O. The quantitative estimate of drug-likeness (QED) is 0.411. The summed E-state index contributed by atoms with van der Waals surface area (Å²) in [6.07, 6.45) is 5.07. The predicted octanol–water partition coefficient (Wildman–Crippen LogP) is 4.34. The summed E-state index contributed by atoms with van der Waals surface area (Å²) in [5.41, 5.74) is 9.16. The van der Waals surface area contributed by atoms with Gasteiger partial charge in [0, 0.05) is 42.8 Å². The van der Waals surface area contributed by atoms with Gasteiger partial charge < -0.3 is 15.5 Å². The largest absolute Gasteiger partial charge is 0.368 e. The van der Waals surface area contributed by atoms with Crippen molar-refractivity contribution in [3.8, 4) is 11.3 Å². The predicted molar refractivity (Wildman–Crippen MR) is 139 cm³/mol. The van der Waals surface area contributed by atoms with Gasteiger partial charge in [-0.2, -0.15) is 9.97 Å². The van der Waals surface area contributed by atoms with Gasteiger partial charge in [-0.25, -0.2) is 9.97 Å². The number of amides is 1. The second-order valence-electron chi connectivity index (χ2n) is 8.01. The van der Waals surface area contributed by atoms with Gasteiger partial charge in [0.2, 0.25) is 11.9 Å². The molecule has 2 N–H and O–H groups in total. The smallest absolute Gasteiger partial charge is 0.246 e. The minimum Gasteiger partial charge on any atom is -0.368 e. The molecule has 1 amide bonds. The maximum Gasteiger partial charge on any atom is 0.246 e. The van der Waals surface area contributed by atoms with Crippen LogP contribution in [0.4, 0.5) is 11.8 Å². The molecule has 5 rings (SSSR count). The Balaban J connectivity index is 1.35. The van der Waals surface area contributed by atoms with Gasteiger partial charge in [0.1, 0.15) is 0 Å². The lowest BCUT2D eigenvalue weighted by Crippen LogP contribution is -2.48. The zero-order valence-electron chi connectivity index (χ0n) is 18.6. The molecule has 3 heterocycles. The standard InChI is InChI=1S/C25H21Cl2N7O/c26-17-7-8-18(19(27)14-17)20-15-29-22-23(30-20)31-25(28)32-24(22)34-12-10-33(11-13-34)21(35)9-6-16-4-2-1-3-5-16/h1-9,14-15H,10-13H2,(H2,28,30,31,32)/b9-6+. The van der Waals surface area contributed by atoms with Crippen molar-refractivity contribution in [2.75, 3.05) is 36.8 Å². The molecule has 2 aromatic heterocycles. The molecule has 1 saturated heterocycles. The van der Waals surface area contributed by atoms with Crippen molar-refractivity contribution in [2.45, 2.75) is 0 Å². The minimum absolute atomic E-state index is 0.0233. The highest BCUT2D eigenvalue weighted by Crippen LogP contribution is 2.31. The molecule has 2 aromatic carbocycles. The van der Waals surface area contributed by atoms with E-state index in [4.69, 9.17) is 28.9 Å². The van der Waals surface area contributed by atoms with Crippen molar-refractivity contribution in [3.63, 3.8) is 0 Å². The maximum atomic E-state index is 12.6. The first-order valence-corrected chi connectivity index (χ1v) is 11.8. The molecule has 1 fully saturated rings. The Morgan fingerprint density at radius 2 is 1.74 bits per heavy atom. The summed E-state index contributed by atoms with van der Waals surface area (Å²) in [6.45, 7) is 2.27. The van der Waals surface area contributed by atoms with Crippen molar-refractivity contribution in [3.05, 3.63) is 76.4 Å². The maximum absolute atomic E-state index is 12.6. The van der Waals surface area contributed by atoms with Crippen LogP contribution >= 0.6 is 23.2 Å². The molecule has 0 unspecified atom stereocenters. The lowest BCUT2D eigenvalue weighted by molar-refractivity contribution is -0.126. The summed E-state index contributed by atoms with van der Waals surface area (Å²) >= 11 is 12.4. The minimum atomic E-state index is -0.0233. The molecular weight excluding hydrogens is 485 g/mol. The van der Waals surface area contributed by atoms with Crippen molar-refractivity contribution < 1.29 is 4.79 Å². The van der Waals surface area contributed by atoms with Crippen LogP contribution in [0.3, 0.4) is 0 Å². The van der Waals surface area contributed by atoms with E-state index in [1.54, 1.807) is 30.5 Å². The number of anilines is 2. The molecule has 10 heteroatoms. The summed E-state index contributed by atoms with van der Waals surface area (Å²) < 4.78 is 0. The second kappa shape index (κ2) is 9.85. The number of benzene rings is 2. The van der Waals surface area contributed by atoms with Crippen LogP contribution in [-0.2, 0) is 4.79 Å². The molecule has 0 aliphatic carbocycles. The van der Waals surface area contributed by atoms with E-state index in [0.29, 0.717) is 64.5 Å². The van der Waals surface area contributed by atoms with Gasteiger partial charge in [-0.3, -0.25) is 4.79 Å². The Morgan fingerprint density at radius 1 is 0.971 bits per heavy atom. The highest BCUT2D eigenvalue weighted by Gasteiger charge is 2.24. The highest BCUT2D eigenvalue weighted by molar-refractivity contribution is 6.36.